The lowest BCUT2D eigenvalue weighted by Gasteiger charge is -2.25. The number of halogens is 3. The van der Waals surface area contributed by atoms with Crippen LogP contribution in [0.4, 0.5) is 24.5 Å². The molecule has 0 saturated carbocycles. The van der Waals surface area contributed by atoms with Crippen molar-refractivity contribution in [2.75, 3.05) is 16.2 Å². The van der Waals surface area contributed by atoms with Crippen molar-refractivity contribution in [3.8, 4) is 0 Å². The van der Waals surface area contributed by atoms with E-state index in [1.165, 1.54) is 0 Å². The second kappa shape index (κ2) is 10.5. The maximum absolute atomic E-state index is 13.4. The highest BCUT2D eigenvalue weighted by Gasteiger charge is 2.33. The second-order valence-electron chi connectivity index (χ2n) is 8.20. The standard InChI is InChI=1S/C26H27F3N2O3S/c1-4-20-8-5-7-19(3)25(20)30-24(32)15-16-31(22-13-11-18(2)12-14-22)35(33,34)23-10-6-9-21(17-23)26(27,28)29/h5-14,17H,4,15-16H2,1-3H3,(H,30,32). The molecular formula is C26H27F3N2O3S. The zero-order valence-electron chi connectivity index (χ0n) is 19.7. The molecule has 0 aromatic heterocycles. The number of alkyl halides is 3. The SMILES string of the molecule is CCc1cccc(C)c1NC(=O)CCN(c1ccc(C)cc1)S(=O)(=O)c1cccc(C(F)(F)F)c1. The van der Waals surface area contributed by atoms with Gasteiger partial charge in [-0.15, -0.1) is 0 Å². The van der Waals surface area contributed by atoms with Gasteiger partial charge in [-0.3, -0.25) is 9.10 Å². The lowest BCUT2D eigenvalue weighted by atomic mass is 10.1. The Morgan fingerprint density at radius 3 is 2.26 bits per heavy atom. The molecule has 1 amide bonds. The Morgan fingerprint density at radius 2 is 1.63 bits per heavy atom. The van der Waals surface area contributed by atoms with Gasteiger partial charge in [0.05, 0.1) is 16.1 Å². The first-order valence-electron chi connectivity index (χ1n) is 11.1. The first-order valence-corrected chi connectivity index (χ1v) is 12.5. The molecule has 0 aliphatic carbocycles. The smallest absolute Gasteiger partial charge is 0.326 e. The number of rotatable bonds is 8. The summed E-state index contributed by atoms with van der Waals surface area (Å²) in [5.41, 5.74) is 2.59. The highest BCUT2D eigenvalue weighted by atomic mass is 32.2. The Morgan fingerprint density at radius 1 is 0.971 bits per heavy atom. The first-order chi connectivity index (χ1) is 16.4. The van der Waals surface area contributed by atoms with Gasteiger partial charge in [-0.25, -0.2) is 8.42 Å². The molecule has 9 heteroatoms. The maximum Gasteiger partial charge on any atom is 0.416 e. The molecule has 0 radical (unpaired) electrons. The molecule has 0 spiro atoms. The van der Waals surface area contributed by atoms with Gasteiger partial charge in [-0.2, -0.15) is 13.2 Å². The van der Waals surface area contributed by atoms with Gasteiger partial charge >= 0.3 is 6.18 Å². The van der Waals surface area contributed by atoms with Crippen LogP contribution in [-0.4, -0.2) is 20.9 Å². The molecular weight excluding hydrogens is 477 g/mol. The quantitative estimate of drug-likeness (QED) is 0.403. The van der Waals surface area contributed by atoms with Gasteiger partial charge < -0.3 is 5.32 Å². The Bertz CT molecular complexity index is 1300. The van der Waals surface area contributed by atoms with Crippen LogP contribution in [-0.2, 0) is 27.4 Å². The fourth-order valence-corrected chi connectivity index (χ4v) is 5.18. The summed E-state index contributed by atoms with van der Waals surface area (Å²) in [6, 6.07) is 15.8. The van der Waals surface area contributed by atoms with Gasteiger partial charge in [0, 0.05) is 18.7 Å². The number of amides is 1. The van der Waals surface area contributed by atoms with Gasteiger partial charge in [0.2, 0.25) is 5.91 Å². The Labute approximate surface area is 203 Å². The van der Waals surface area contributed by atoms with E-state index in [4.69, 9.17) is 0 Å². The minimum absolute atomic E-state index is 0.191. The van der Waals surface area contributed by atoms with Crippen LogP contribution >= 0.6 is 0 Å². The summed E-state index contributed by atoms with van der Waals surface area (Å²) in [5, 5.41) is 2.86. The highest BCUT2D eigenvalue weighted by molar-refractivity contribution is 7.92. The lowest BCUT2D eigenvalue weighted by molar-refractivity contribution is -0.137. The number of nitrogens with zero attached hydrogens (tertiary/aromatic N) is 1. The van der Waals surface area contributed by atoms with Crippen LogP contribution in [0.15, 0.2) is 71.6 Å². The molecule has 0 bridgehead atoms. The van der Waals surface area contributed by atoms with Crippen molar-refractivity contribution in [1.82, 2.24) is 0 Å². The summed E-state index contributed by atoms with van der Waals surface area (Å²) in [7, 11) is -4.39. The molecule has 1 N–H and O–H groups in total. The van der Waals surface area contributed by atoms with Crippen molar-refractivity contribution in [2.45, 2.75) is 44.7 Å². The first kappa shape index (κ1) is 26.3. The molecule has 3 aromatic carbocycles. The van der Waals surface area contributed by atoms with Gasteiger partial charge in [0.25, 0.3) is 10.0 Å². The van der Waals surface area contributed by atoms with Crippen LogP contribution in [0, 0.1) is 13.8 Å². The zero-order chi connectivity index (χ0) is 25.8. The van der Waals surface area contributed by atoms with Crippen LogP contribution in [0.3, 0.4) is 0 Å². The Balaban J connectivity index is 1.92. The molecule has 3 rings (SSSR count). The van der Waals surface area contributed by atoms with Crippen LogP contribution in [0.2, 0.25) is 0 Å². The van der Waals surface area contributed by atoms with Crippen LogP contribution in [0.25, 0.3) is 0 Å². The summed E-state index contributed by atoms with van der Waals surface area (Å²) < 4.78 is 67.5. The lowest BCUT2D eigenvalue weighted by Crippen LogP contribution is -2.34. The van der Waals surface area contributed by atoms with E-state index in [1.54, 1.807) is 24.3 Å². The number of benzene rings is 3. The van der Waals surface area contributed by atoms with E-state index in [0.717, 1.165) is 39.2 Å². The Kier molecular flexibility index (Phi) is 7.90. The number of sulfonamides is 1. The normalized spacial score (nSPS) is 11.8. The molecule has 5 nitrogen and oxygen atoms in total. The third-order valence-electron chi connectivity index (χ3n) is 5.62. The molecule has 186 valence electrons. The minimum Gasteiger partial charge on any atom is -0.326 e. The van der Waals surface area contributed by atoms with Gasteiger partial charge in [0.15, 0.2) is 0 Å². The largest absolute Gasteiger partial charge is 0.416 e. The number of hydrogen-bond donors (Lipinski definition) is 1. The third kappa shape index (κ3) is 6.22. The third-order valence-corrected chi connectivity index (χ3v) is 7.44. The minimum atomic E-state index is -4.69. The van der Waals surface area contributed by atoms with E-state index in [-0.39, 0.29) is 18.7 Å². The van der Waals surface area contributed by atoms with Crippen LogP contribution in [0.5, 0.6) is 0 Å². The van der Waals surface area contributed by atoms with E-state index in [0.29, 0.717) is 18.2 Å². The predicted octanol–water partition coefficient (Wildman–Crippen LogP) is 6.11. The number of hydrogen-bond acceptors (Lipinski definition) is 3. The van der Waals surface area contributed by atoms with E-state index in [9.17, 15) is 26.4 Å². The molecule has 0 atom stereocenters. The number of nitrogens with one attached hydrogen (secondary N) is 1. The monoisotopic (exact) mass is 504 g/mol. The molecule has 0 fully saturated rings. The molecule has 0 unspecified atom stereocenters. The van der Waals surface area contributed by atoms with Crippen molar-refractivity contribution in [3.05, 3.63) is 89.0 Å². The fraction of sp³-hybridized carbons (Fsp3) is 0.269. The number of anilines is 2. The van der Waals surface area contributed by atoms with Gasteiger partial charge in [-0.05, 0) is 61.7 Å². The molecule has 3 aromatic rings. The summed E-state index contributed by atoms with van der Waals surface area (Å²) in [5.74, 6) is -0.398. The van der Waals surface area contributed by atoms with Crippen molar-refractivity contribution in [2.24, 2.45) is 0 Å². The summed E-state index contributed by atoms with van der Waals surface area (Å²) in [6.07, 6.45) is -4.18. The zero-order valence-corrected chi connectivity index (χ0v) is 20.5. The molecule has 0 aliphatic heterocycles. The van der Waals surface area contributed by atoms with Crippen LogP contribution in [0.1, 0.15) is 35.6 Å². The number of aryl methyl sites for hydroxylation is 3. The average Bonchev–Trinajstić information content (AvgIpc) is 2.81. The summed E-state index contributed by atoms with van der Waals surface area (Å²) >= 11 is 0. The summed E-state index contributed by atoms with van der Waals surface area (Å²) in [6.45, 7) is 5.41. The maximum atomic E-state index is 13.4. The average molecular weight is 505 g/mol. The Hall–Kier alpha value is -3.33. The fourth-order valence-electron chi connectivity index (χ4n) is 3.67. The van der Waals surface area contributed by atoms with Gasteiger partial charge in [-0.1, -0.05) is 48.9 Å². The molecule has 35 heavy (non-hydrogen) atoms. The molecule has 0 heterocycles. The van der Waals surface area contributed by atoms with E-state index < -0.39 is 32.6 Å². The number of carbonyl (C=O) groups is 1. The van der Waals surface area contributed by atoms with E-state index >= 15 is 0 Å². The van der Waals surface area contributed by atoms with Crippen molar-refractivity contribution in [3.63, 3.8) is 0 Å². The second-order valence-corrected chi connectivity index (χ2v) is 10.1. The summed E-state index contributed by atoms with van der Waals surface area (Å²) in [4.78, 5) is 12.3. The predicted molar refractivity (Wildman–Crippen MR) is 131 cm³/mol. The molecule has 0 aliphatic rings. The molecule has 0 saturated heterocycles. The van der Waals surface area contributed by atoms with Crippen LogP contribution < -0.4 is 9.62 Å². The van der Waals surface area contributed by atoms with Crippen molar-refractivity contribution < 1.29 is 26.4 Å². The van der Waals surface area contributed by atoms with Crippen molar-refractivity contribution in [1.29, 1.82) is 0 Å². The topological polar surface area (TPSA) is 66.5 Å². The number of carbonyl (C=O) groups excluding carboxylic acids is 1. The number of para-hydroxylation sites is 1. The van der Waals surface area contributed by atoms with Gasteiger partial charge in [0.1, 0.15) is 0 Å². The van der Waals surface area contributed by atoms with E-state index in [1.807, 2.05) is 39.0 Å². The highest BCUT2D eigenvalue weighted by Crippen LogP contribution is 2.32. The van der Waals surface area contributed by atoms with E-state index in [2.05, 4.69) is 5.32 Å². The van der Waals surface area contributed by atoms with Crippen molar-refractivity contribution >= 4 is 27.3 Å².